The van der Waals surface area contributed by atoms with Crippen molar-refractivity contribution in [2.75, 3.05) is 0 Å². The molecule has 66 valence electrons. The number of rotatable bonds is 0. The van der Waals surface area contributed by atoms with Crippen molar-refractivity contribution in [2.45, 2.75) is 12.8 Å². The Morgan fingerprint density at radius 2 is 1.79 bits per heavy atom. The van der Waals surface area contributed by atoms with Crippen LogP contribution in [-0.4, -0.2) is 5.78 Å². The number of hydrogen-bond acceptors (Lipinski definition) is 1. The molecular weight excluding hydrogens is 172 g/mol. The van der Waals surface area contributed by atoms with Crippen LogP contribution < -0.4 is 0 Å². The van der Waals surface area contributed by atoms with Crippen LogP contribution >= 0.6 is 0 Å². The molecule has 0 saturated carbocycles. The number of fused-ring (bicyclic) bond motifs is 6. The molecule has 0 aromatic rings. The quantitative estimate of drug-likeness (QED) is 0.559. The minimum atomic E-state index is 0.301. The van der Waals surface area contributed by atoms with Crippen LogP contribution in [0, 0.1) is 0 Å². The van der Waals surface area contributed by atoms with Crippen LogP contribution in [0.2, 0.25) is 0 Å². The monoisotopic (exact) mass is 180 g/mol. The summed E-state index contributed by atoms with van der Waals surface area (Å²) in [5.41, 5.74) is 7.61. The van der Waals surface area contributed by atoms with Crippen molar-refractivity contribution < 1.29 is 4.79 Å². The molecule has 0 aromatic carbocycles. The van der Waals surface area contributed by atoms with Gasteiger partial charge in [-0.3, -0.25) is 4.79 Å². The average Bonchev–Trinajstić information content (AvgIpc) is 2.68. The van der Waals surface area contributed by atoms with E-state index >= 15 is 0 Å². The topological polar surface area (TPSA) is 17.1 Å². The van der Waals surface area contributed by atoms with E-state index < -0.39 is 0 Å². The molecule has 0 atom stereocenters. The minimum absolute atomic E-state index is 0.301. The van der Waals surface area contributed by atoms with Gasteiger partial charge in [0, 0.05) is 12.0 Å². The average molecular weight is 180 g/mol. The third kappa shape index (κ3) is 0.532. The molecule has 0 fully saturated rings. The predicted molar refractivity (Wildman–Crippen MR) is 53.6 cm³/mol. The van der Waals surface area contributed by atoms with Gasteiger partial charge in [0.25, 0.3) is 0 Å². The fourth-order valence-corrected chi connectivity index (χ4v) is 2.82. The lowest BCUT2D eigenvalue weighted by atomic mass is 9.73. The molecule has 4 aliphatic carbocycles. The summed E-state index contributed by atoms with van der Waals surface area (Å²) in [5, 5.41) is 0. The van der Waals surface area contributed by atoms with Gasteiger partial charge in [0.2, 0.25) is 0 Å². The number of ketones is 1. The zero-order valence-corrected chi connectivity index (χ0v) is 7.63. The maximum atomic E-state index is 11.7. The Kier molecular flexibility index (Phi) is 0.919. The van der Waals surface area contributed by atoms with Crippen molar-refractivity contribution >= 4 is 5.78 Å². The molecule has 0 N–H and O–H groups in total. The second kappa shape index (κ2) is 1.90. The molecule has 0 aliphatic heterocycles. The second-order valence-electron chi connectivity index (χ2n) is 4.13. The van der Waals surface area contributed by atoms with Crippen LogP contribution in [0.25, 0.3) is 0 Å². The van der Waals surface area contributed by atoms with Crippen molar-refractivity contribution in [3.05, 3.63) is 57.7 Å². The summed E-state index contributed by atoms with van der Waals surface area (Å²) < 4.78 is 0. The standard InChI is InChI=1S/C13H8O/c14-10-3-1-2-9-11-7-4-5-8(6-7)12(11)13(9)10/h1-2,4-5H,3,6H2. The summed E-state index contributed by atoms with van der Waals surface area (Å²) >= 11 is 0. The van der Waals surface area contributed by atoms with Gasteiger partial charge >= 0.3 is 0 Å². The van der Waals surface area contributed by atoms with E-state index in [0.717, 1.165) is 12.0 Å². The van der Waals surface area contributed by atoms with Crippen molar-refractivity contribution in [2.24, 2.45) is 0 Å². The Morgan fingerprint density at radius 1 is 1.00 bits per heavy atom. The van der Waals surface area contributed by atoms with Crippen molar-refractivity contribution in [1.29, 1.82) is 0 Å². The van der Waals surface area contributed by atoms with Crippen LogP contribution in [-0.2, 0) is 4.79 Å². The Hall–Kier alpha value is -1.63. The molecule has 0 amide bonds. The lowest BCUT2D eigenvalue weighted by Gasteiger charge is -2.28. The third-order valence-electron chi connectivity index (χ3n) is 3.41. The highest BCUT2D eigenvalue weighted by Gasteiger charge is 2.42. The summed E-state index contributed by atoms with van der Waals surface area (Å²) in [6, 6.07) is 0. The Labute approximate surface area is 81.8 Å². The largest absolute Gasteiger partial charge is 0.294 e. The van der Waals surface area contributed by atoms with Gasteiger partial charge in [-0.1, -0.05) is 24.3 Å². The Bertz CT molecular complexity index is 548. The van der Waals surface area contributed by atoms with Crippen LogP contribution in [0.4, 0.5) is 0 Å². The maximum absolute atomic E-state index is 11.7. The molecule has 1 nitrogen and oxygen atoms in total. The van der Waals surface area contributed by atoms with E-state index in [4.69, 9.17) is 0 Å². The first-order chi connectivity index (χ1) is 6.86. The van der Waals surface area contributed by atoms with E-state index in [1.807, 2.05) is 6.08 Å². The fourth-order valence-electron chi connectivity index (χ4n) is 2.82. The van der Waals surface area contributed by atoms with Gasteiger partial charge in [-0.05, 0) is 34.3 Å². The molecular formula is C13H8O. The molecule has 0 unspecified atom stereocenters. The molecule has 2 bridgehead atoms. The molecule has 4 aliphatic rings. The lowest BCUT2D eigenvalue weighted by molar-refractivity contribution is -0.114. The molecule has 0 spiro atoms. The van der Waals surface area contributed by atoms with E-state index in [1.54, 1.807) is 0 Å². The Morgan fingerprint density at radius 3 is 2.64 bits per heavy atom. The van der Waals surface area contributed by atoms with Gasteiger partial charge in [0.05, 0.1) is 0 Å². The summed E-state index contributed by atoms with van der Waals surface area (Å²) in [7, 11) is 0. The maximum Gasteiger partial charge on any atom is 0.167 e. The van der Waals surface area contributed by atoms with E-state index in [0.29, 0.717) is 12.2 Å². The smallest absolute Gasteiger partial charge is 0.167 e. The van der Waals surface area contributed by atoms with Crippen LogP contribution in [0.3, 0.4) is 0 Å². The van der Waals surface area contributed by atoms with Crippen LogP contribution in [0.15, 0.2) is 57.7 Å². The van der Waals surface area contributed by atoms with Gasteiger partial charge in [-0.15, -0.1) is 0 Å². The Balaban J connectivity index is 1.96. The third-order valence-corrected chi connectivity index (χ3v) is 3.41. The zero-order valence-electron chi connectivity index (χ0n) is 7.63. The van der Waals surface area contributed by atoms with E-state index in [2.05, 4.69) is 18.2 Å². The highest BCUT2D eigenvalue weighted by Crippen LogP contribution is 2.55. The summed E-state index contributed by atoms with van der Waals surface area (Å²) in [4.78, 5) is 11.7. The number of carbonyl (C=O) groups is 1. The van der Waals surface area contributed by atoms with Gasteiger partial charge in [-0.25, -0.2) is 0 Å². The lowest BCUT2D eigenvalue weighted by Crippen LogP contribution is -2.19. The highest BCUT2D eigenvalue weighted by atomic mass is 16.1. The molecule has 0 saturated heterocycles. The van der Waals surface area contributed by atoms with Gasteiger partial charge in [0.1, 0.15) is 0 Å². The van der Waals surface area contributed by atoms with Crippen LogP contribution in [0.5, 0.6) is 0 Å². The molecule has 14 heavy (non-hydrogen) atoms. The van der Waals surface area contributed by atoms with Gasteiger partial charge < -0.3 is 0 Å². The highest BCUT2D eigenvalue weighted by molar-refractivity contribution is 6.10. The number of hydrogen-bond donors (Lipinski definition) is 0. The summed E-state index contributed by atoms with van der Waals surface area (Å²) in [6.07, 6.45) is 10.1. The summed E-state index contributed by atoms with van der Waals surface area (Å²) in [5.74, 6) is 0.301. The summed E-state index contributed by atoms with van der Waals surface area (Å²) in [6.45, 7) is 0. The van der Waals surface area contributed by atoms with Crippen molar-refractivity contribution in [3.8, 4) is 0 Å². The zero-order chi connectivity index (χ0) is 9.28. The molecule has 1 heteroatoms. The normalized spacial score (nSPS) is 26.1. The SMILES string of the molecule is O=C1CC=CC2=C1C1=C2C2=CC=C1C2. The van der Waals surface area contributed by atoms with Crippen molar-refractivity contribution in [1.82, 2.24) is 0 Å². The second-order valence-corrected chi connectivity index (χ2v) is 4.13. The molecule has 4 rings (SSSR count). The van der Waals surface area contributed by atoms with Gasteiger partial charge in [-0.2, -0.15) is 0 Å². The number of Topliss-reactive ketones (excluding diaryl/α,β-unsaturated/α-hetero) is 1. The first kappa shape index (κ1) is 6.77. The van der Waals surface area contributed by atoms with E-state index in [9.17, 15) is 4.79 Å². The molecule has 0 aromatic heterocycles. The van der Waals surface area contributed by atoms with Crippen molar-refractivity contribution in [3.63, 3.8) is 0 Å². The van der Waals surface area contributed by atoms with E-state index in [1.165, 1.54) is 27.9 Å². The van der Waals surface area contributed by atoms with E-state index in [-0.39, 0.29) is 0 Å². The minimum Gasteiger partial charge on any atom is -0.294 e. The number of allylic oxidation sites excluding steroid dienone is 10. The predicted octanol–water partition coefficient (Wildman–Crippen LogP) is 2.39. The van der Waals surface area contributed by atoms with Crippen LogP contribution in [0.1, 0.15) is 12.8 Å². The first-order valence-electron chi connectivity index (χ1n) is 4.96. The first-order valence-corrected chi connectivity index (χ1v) is 4.96. The molecule has 0 radical (unpaired) electrons. The number of carbonyl (C=O) groups excluding carboxylic acids is 1. The van der Waals surface area contributed by atoms with Gasteiger partial charge in [0.15, 0.2) is 5.78 Å². The fraction of sp³-hybridized carbons (Fsp3) is 0.154. The molecule has 0 heterocycles.